The van der Waals surface area contributed by atoms with Gasteiger partial charge in [-0.1, -0.05) is 18.2 Å². The molecule has 1 unspecified atom stereocenters. The fraction of sp³-hybridized carbons (Fsp3) is 0.538. The molecule has 0 aliphatic carbocycles. The van der Waals surface area contributed by atoms with Crippen molar-refractivity contribution >= 4 is 0 Å². The molecule has 1 atom stereocenters. The molecular formula is C13H19NO2. The Hall–Kier alpha value is -1.06. The van der Waals surface area contributed by atoms with Gasteiger partial charge in [0.1, 0.15) is 5.75 Å². The van der Waals surface area contributed by atoms with Crippen LogP contribution in [0.3, 0.4) is 0 Å². The smallest absolute Gasteiger partial charge is 0.122 e. The summed E-state index contributed by atoms with van der Waals surface area (Å²) in [5.41, 5.74) is 1.09. The summed E-state index contributed by atoms with van der Waals surface area (Å²) in [7, 11) is 0. The van der Waals surface area contributed by atoms with Gasteiger partial charge in [0, 0.05) is 19.1 Å². The number of rotatable bonds is 5. The number of aliphatic hydroxyl groups is 1. The zero-order valence-corrected chi connectivity index (χ0v) is 9.48. The molecule has 0 aromatic heterocycles. The van der Waals surface area contributed by atoms with E-state index in [4.69, 9.17) is 9.84 Å². The first-order valence-electron chi connectivity index (χ1n) is 5.92. The quantitative estimate of drug-likeness (QED) is 0.785. The largest absolute Gasteiger partial charge is 0.493 e. The van der Waals surface area contributed by atoms with Gasteiger partial charge < -0.3 is 15.2 Å². The predicted molar refractivity (Wildman–Crippen MR) is 63.7 cm³/mol. The van der Waals surface area contributed by atoms with Gasteiger partial charge in [-0.3, -0.25) is 0 Å². The molecule has 0 radical (unpaired) electrons. The van der Waals surface area contributed by atoms with Gasteiger partial charge in [-0.05, 0) is 31.0 Å². The van der Waals surface area contributed by atoms with Crippen molar-refractivity contribution in [2.75, 3.05) is 26.3 Å². The maximum absolute atomic E-state index is 8.96. The molecule has 1 saturated heterocycles. The van der Waals surface area contributed by atoms with Crippen molar-refractivity contribution in [3.63, 3.8) is 0 Å². The Kier molecular flexibility index (Phi) is 4.19. The van der Waals surface area contributed by atoms with Gasteiger partial charge in [0.2, 0.25) is 0 Å². The fourth-order valence-corrected chi connectivity index (χ4v) is 2.04. The highest BCUT2D eigenvalue weighted by atomic mass is 16.5. The van der Waals surface area contributed by atoms with Crippen LogP contribution in [0, 0.1) is 5.92 Å². The van der Waals surface area contributed by atoms with Crippen molar-refractivity contribution in [2.45, 2.75) is 12.8 Å². The summed E-state index contributed by atoms with van der Waals surface area (Å²) >= 11 is 0. The number of nitrogens with one attached hydrogen (secondary N) is 1. The second kappa shape index (κ2) is 5.87. The van der Waals surface area contributed by atoms with Crippen LogP contribution in [0.5, 0.6) is 5.75 Å². The van der Waals surface area contributed by atoms with Crippen LogP contribution in [-0.4, -0.2) is 31.4 Å². The molecule has 3 nitrogen and oxygen atoms in total. The molecule has 3 heteroatoms. The van der Waals surface area contributed by atoms with Crippen LogP contribution in [0.25, 0.3) is 0 Å². The van der Waals surface area contributed by atoms with E-state index in [9.17, 15) is 0 Å². The van der Waals surface area contributed by atoms with Crippen molar-refractivity contribution in [1.82, 2.24) is 5.32 Å². The number of hydrogen-bond donors (Lipinski definition) is 2. The van der Waals surface area contributed by atoms with E-state index in [1.54, 1.807) is 0 Å². The second-order valence-corrected chi connectivity index (χ2v) is 4.25. The van der Waals surface area contributed by atoms with E-state index in [0.29, 0.717) is 12.3 Å². The first-order valence-corrected chi connectivity index (χ1v) is 5.92. The van der Waals surface area contributed by atoms with Gasteiger partial charge in [-0.25, -0.2) is 0 Å². The van der Waals surface area contributed by atoms with Crippen molar-refractivity contribution in [2.24, 2.45) is 5.92 Å². The lowest BCUT2D eigenvalue weighted by Gasteiger charge is -2.13. The van der Waals surface area contributed by atoms with Crippen LogP contribution in [-0.2, 0) is 6.42 Å². The second-order valence-electron chi connectivity index (χ2n) is 4.25. The zero-order valence-electron chi connectivity index (χ0n) is 9.48. The minimum atomic E-state index is 0.172. The molecule has 88 valence electrons. The molecule has 2 N–H and O–H groups in total. The molecule has 1 aromatic carbocycles. The molecule has 1 heterocycles. The van der Waals surface area contributed by atoms with E-state index in [1.807, 2.05) is 24.3 Å². The average molecular weight is 221 g/mol. The highest BCUT2D eigenvalue weighted by Gasteiger charge is 2.15. The van der Waals surface area contributed by atoms with Crippen molar-refractivity contribution in [3.05, 3.63) is 29.8 Å². The van der Waals surface area contributed by atoms with Gasteiger partial charge in [0.25, 0.3) is 0 Å². The lowest BCUT2D eigenvalue weighted by molar-refractivity contribution is 0.253. The van der Waals surface area contributed by atoms with E-state index < -0.39 is 0 Å². The molecule has 1 fully saturated rings. The van der Waals surface area contributed by atoms with E-state index in [-0.39, 0.29) is 6.61 Å². The third-order valence-electron chi connectivity index (χ3n) is 2.99. The molecule has 1 aliphatic heterocycles. The van der Waals surface area contributed by atoms with Gasteiger partial charge in [-0.2, -0.15) is 0 Å². The first kappa shape index (κ1) is 11.4. The summed E-state index contributed by atoms with van der Waals surface area (Å²) in [5.74, 6) is 1.55. The number of benzene rings is 1. The lowest BCUT2D eigenvalue weighted by Crippen LogP contribution is -2.16. The van der Waals surface area contributed by atoms with E-state index in [1.165, 1.54) is 6.42 Å². The lowest BCUT2D eigenvalue weighted by atomic mass is 10.1. The summed E-state index contributed by atoms with van der Waals surface area (Å²) < 4.78 is 5.82. The Morgan fingerprint density at radius 3 is 3.00 bits per heavy atom. The van der Waals surface area contributed by atoms with Crippen LogP contribution in [0.2, 0.25) is 0 Å². The monoisotopic (exact) mass is 221 g/mol. The zero-order chi connectivity index (χ0) is 11.2. The van der Waals surface area contributed by atoms with Crippen LogP contribution in [0.15, 0.2) is 24.3 Å². The van der Waals surface area contributed by atoms with Crippen molar-refractivity contribution in [3.8, 4) is 5.75 Å². The summed E-state index contributed by atoms with van der Waals surface area (Å²) in [6.07, 6.45) is 1.86. The normalized spacial score (nSPS) is 19.9. The van der Waals surface area contributed by atoms with Crippen LogP contribution in [0.1, 0.15) is 12.0 Å². The summed E-state index contributed by atoms with van der Waals surface area (Å²) in [6, 6.07) is 7.95. The Bertz CT molecular complexity index is 321. The minimum absolute atomic E-state index is 0.172. The molecular weight excluding hydrogens is 202 g/mol. The Balaban J connectivity index is 1.91. The van der Waals surface area contributed by atoms with Gasteiger partial charge >= 0.3 is 0 Å². The van der Waals surface area contributed by atoms with E-state index >= 15 is 0 Å². The van der Waals surface area contributed by atoms with Crippen molar-refractivity contribution in [1.29, 1.82) is 0 Å². The summed E-state index contributed by atoms with van der Waals surface area (Å²) in [4.78, 5) is 0. The number of hydrogen-bond acceptors (Lipinski definition) is 3. The third kappa shape index (κ3) is 2.97. The van der Waals surface area contributed by atoms with Gasteiger partial charge in [0.05, 0.1) is 6.61 Å². The van der Waals surface area contributed by atoms with Crippen LogP contribution in [0.4, 0.5) is 0 Å². The summed E-state index contributed by atoms with van der Waals surface area (Å²) in [5, 5.41) is 12.3. The van der Waals surface area contributed by atoms with E-state index in [2.05, 4.69) is 5.32 Å². The molecule has 0 bridgehead atoms. The highest BCUT2D eigenvalue weighted by Crippen LogP contribution is 2.20. The molecule has 0 spiro atoms. The first-order chi connectivity index (χ1) is 7.90. The standard InChI is InChI=1S/C13H19NO2/c15-8-6-12-3-1-2-4-13(12)16-10-11-5-7-14-9-11/h1-4,11,14-15H,5-10H2. The number of para-hydroxylation sites is 1. The number of ether oxygens (including phenoxy) is 1. The average Bonchev–Trinajstić information content (AvgIpc) is 2.81. The molecule has 1 aliphatic rings. The number of aliphatic hydroxyl groups excluding tert-OH is 1. The molecule has 2 rings (SSSR count). The predicted octanol–water partition coefficient (Wildman–Crippen LogP) is 1.21. The van der Waals surface area contributed by atoms with Crippen molar-refractivity contribution < 1.29 is 9.84 Å². The molecule has 0 saturated carbocycles. The SMILES string of the molecule is OCCc1ccccc1OCC1CCNC1. The fourth-order valence-electron chi connectivity index (χ4n) is 2.04. The highest BCUT2D eigenvalue weighted by molar-refractivity contribution is 5.33. The summed E-state index contributed by atoms with van der Waals surface area (Å²) in [6.45, 7) is 3.11. The third-order valence-corrected chi connectivity index (χ3v) is 2.99. The topological polar surface area (TPSA) is 41.5 Å². The maximum atomic E-state index is 8.96. The Morgan fingerprint density at radius 1 is 1.38 bits per heavy atom. The molecule has 1 aromatic rings. The minimum Gasteiger partial charge on any atom is -0.493 e. The molecule has 0 amide bonds. The van der Waals surface area contributed by atoms with Gasteiger partial charge in [0.15, 0.2) is 0 Å². The Morgan fingerprint density at radius 2 is 2.25 bits per heavy atom. The van der Waals surface area contributed by atoms with E-state index in [0.717, 1.165) is 31.0 Å². The van der Waals surface area contributed by atoms with Crippen LogP contribution >= 0.6 is 0 Å². The molecule has 16 heavy (non-hydrogen) atoms. The maximum Gasteiger partial charge on any atom is 0.122 e. The van der Waals surface area contributed by atoms with Gasteiger partial charge in [-0.15, -0.1) is 0 Å². The Labute approximate surface area is 96.4 Å². The van der Waals surface area contributed by atoms with Crippen LogP contribution < -0.4 is 10.1 Å².